The highest BCUT2D eigenvalue weighted by Gasteiger charge is 2.30. The van der Waals surface area contributed by atoms with E-state index in [1.807, 2.05) is 0 Å². The number of hydrogen-bond donors (Lipinski definition) is 0. The highest BCUT2D eigenvalue weighted by Crippen LogP contribution is 2.32. The van der Waals surface area contributed by atoms with E-state index >= 15 is 0 Å². The fourth-order valence-corrected chi connectivity index (χ4v) is 2.86. The average molecular weight is 292 g/mol. The van der Waals surface area contributed by atoms with Gasteiger partial charge in [0.05, 0.1) is 5.56 Å². The third kappa shape index (κ3) is 3.56. The van der Waals surface area contributed by atoms with Crippen LogP contribution in [0.2, 0.25) is 0 Å². The second-order valence-corrected chi connectivity index (χ2v) is 5.24. The fraction of sp³-hybridized carbons (Fsp3) is 0.571. The number of hydrogen-bond acceptors (Lipinski definition) is 1. The van der Waals surface area contributed by atoms with Crippen molar-refractivity contribution in [3.63, 3.8) is 0 Å². The van der Waals surface area contributed by atoms with E-state index < -0.39 is 11.7 Å². The molecule has 0 bridgehead atoms. The number of nitrogens with zero attached hydrogens (tertiary/aromatic N) is 1. The molecule has 1 unspecified atom stereocenters. The highest BCUT2D eigenvalue weighted by atomic mass is 35.5. The Morgan fingerprint density at radius 1 is 1.16 bits per heavy atom. The SMILES string of the molecule is FC(F)(F)c1ccc(N2CCCCC2CCCl)cc1. The van der Waals surface area contributed by atoms with Crippen LogP contribution >= 0.6 is 11.6 Å². The van der Waals surface area contributed by atoms with Gasteiger partial charge in [-0.2, -0.15) is 13.2 Å². The van der Waals surface area contributed by atoms with Crippen molar-refractivity contribution in [2.75, 3.05) is 17.3 Å². The molecule has 1 aliphatic rings. The smallest absolute Gasteiger partial charge is 0.369 e. The predicted octanol–water partition coefficient (Wildman–Crippen LogP) is 4.69. The second-order valence-electron chi connectivity index (χ2n) is 4.87. The van der Waals surface area contributed by atoms with Crippen LogP contribution in [0.15, 0.2) is 24.3 Å². The maximum absolute atomic E-state index is 12.5. The molecule has 0 radical (unpaired) electrons. The number of alkyl halides is 4. The van der Waals surface area contributed by atoms with Gasteiger partial charge in [0, 0.05) is 24.2 Å². The summed E-state index contributed by atoms with van der Waals surface area (Å²) in [6, 6.07) is 5.79. The molecular formula is C14H17ClF3N. The summed E-state index contributed by atoms with van der Waals surface area (Å²) in [5.41, 5.74) is 0.268. The Bertz CT molecular complexity index is 400. The molecule has 1 aliphatic heterocycles. The van der Waals surface area contributed by atoms with E-state index in [9.17, 15) is 13.2 Å². The zero-order valence-electron chi connectivity index (χ0n) is 10.6. The van der Waals surface area contributed by atoms with Crippen molar-refractivity contribution in [2.24, 2.45) is 0 Å². The van der Waals surface area contributed by atoms with E-state index in [4.69, 9.17) is 11.6 Å². The molecule has 0 N–H and O–H groups in total. The van der Waals surface area contributed by atoms with Crippen LogP contribution < -0.4 is 4.90 Å². The lowest BCUT2D eigenvalue weighted by Gasteiger charge is -2.37. The van der Waals surface area contributed by atoms with Crippen molar-refractivity contribution in [3.8, 4) is 0 Å². The van der Waals surface area contributed by atoms with Crippen LogP contribution in [-0.4, -0.2) is 18.5 Å². The number of benzene rings is 1. The lowest BCUT2D eigenvalue weighted by molar-refractivity contribution is -0.137. The summed E-state index contributed by atoms with van der Waals surface area (Å²) in [4.78, 5) is 2.19. The molecule has 19 heavy (non-hydrogen) atoms. The number of halogens is 4. The molecule has 1 aromatic rings. The van der Waals surface area contributed by atoms with E-state index in [2.05, 4.69) is 4.90 Å². The Labute approximate surface area is 116 Å². The summed E-state index contributed by atoms with van der Waals surface area (Å²) in [6.45, 7) is 0.896. The summed E-state index contributed by atoms with van der Waals surface area (Å²) in [7, 11) is 0. The van der Waals surface area contributed by atoms with Crippen LogP contribution in [0.4, 0.5) is 18.9 Å². The van der Waals surface area contributed by atoms with Crippen molar-refractivity contribution in [3.05, 3.63) is 29.8 Å². The zero-order chi connectivity index (χ0) is 13.9. The van der Waals surface area contributed by atoms with Gasteiger partial charge in [-0.3, -0.25) is 0 Å². The van der Waals surface area contributed by atoms with Crippen molar-refractivity contribution >= 4 is 17.3 Å². The molecule has 0 aliphatic carbocycles. The van der Waals surface area contributed by atoms with Crippen LogP contribution in [0.1, 0.15) is 31.2 Å². The van der Waals surface area contributed by atoms with Crippen LogP contribution in [0.3, 0.4) is 0 Å². The van der Waals surface area contributed by atoms with Gasteiger partial charge in [0.15, 0.2) is 0 Å². The molecule has 0 saturated carbocycles. The zero-order valence-corrected chi connectivity index (χ0v) is 11.3. The number of piperidine rings is 1. The molecule has 1 aromatic carbocycles. The Kier molecular flexibility index (Phi) is 4.61. The molecule has 106 valence electrons. The molecule has 1 saturated heterocycles. The van der Waals surface area contributed by atoms with Gasteiger partial charge in [0.25, 0.3) is 0 Å². The molecule has 2 rings (SSSR count). The Balaban J connectivity index is 2.15. The summed E-state index contributed by atoms with van der Waals surface area (Å²) in [5.74, 6) is 0.585. The third-order valence-corrected chi connectivity index (χ3v) is 3.81. The van der Waals surface area contributed by atoms with Gasteiger partial charge in [0.1, 0.15) is 0 Å². The number of anilines is 1. The Morgan fingerprint density at radius 2 is 1.84 bits per heavy atom. The molecule has 1 nitrogen and oxygen atoms in total. The van der Waals surface area contributed by atoms with Gasteiger partial charge in [-0.1, -0.05) is 0 Å². The van der Waals surface area contributed by atoms with Gasteiger partial charge < -0.3 is 4.90 Å². The molecular weight excluding hydrogens is 275 g/mol. The lowest BCUT2D eigenvalue weighted by Crippen LogP contribution is -2.39. The first-order valence-electron chi connectivity index (χ1n) is 6.52. The first-order valence-corrected chi connectivity index (χ1v) is 7.05. The molecule has 0 spiro atoms. The first-order chi connectivity index (χ1) is 9.02. The number of rotatable bonds is 3. The van der Waals surface area contributed by atoms with E-state index in [1.54, 1.807) is 12.1 Å². The highest BCUT2D eigenvalue weighted by molar-refractivity contribution is 6.17. The predicted molar refractivity (Wildman–Crippen MR) is 71.8 cm³/mol. The van der Waals surface area contributed by atoms with Crippen LogP contribution in [0, 0.1) is 0 Å². The minimum Gasteiger partial charge on any atom is -0.369 e. The third-order valence-electron chi connectivity index (χ3n) is 3.60. The molecule has 1 atom stereocenters. The Morgan fingerprint density at radius 3 is 2.42 bits per heavy atom. The first kappa shape index (κ1) is 14.5. The van der Waals surface area contributed by atoms with Crippen molar-refractivity contribution in [2.45, 2.75) is 37.9 Å². The standard InChI is InChI=1S/C14H17ClF3N/c15-9-8-12-3-1-2-10-19(12)13-6-4-11(5-7-13)14(16,17)18/h4-7,12H,1-3,8-10H2. The van der Waals surface area contributed by atoms with Crippen molar-refractivity contribution < 1.29 is 13.2 Å². The van der Waals surface area contributed by atoms with E-state index in [1.165, 1.54) is 6.42 Å². The molecule has 1 heterocycles. The van der Waals surface area contributed by atoms with E-state index in [-0.39, 0.29) is 0 Å². The van der Waals surface area contributed by atoms with Crippen LogP contribution in [0.5, 0.6) is 0 Å². The summed E-state index contributed by atoms with van der Waals surface area (Å²) in [6.07, 6.45) is -0.0786. The molecule has 1 fully saturated rings. The van der Waals surface area contributed by atoms with Crippen LogP contribution in [-0.2, 0) is 6.18 Å². The topological polar surface area (TPSA) is 3.24 Å². The Hall–Kier alpha value is -0.900. The fourth-order valence-electron chi connectivity index (χ4n) is 2.61. The molecule has 0 aromatic heterocycles. The minimum absolute atomic E-state index is 0.350. The summed E-state index contributed by atoms with van der Waals surface area (Å²) in [5, 5.41) is 0. The molecule has 0 amide bonds. The van der Waals surface area contributed by atoms with Gasteiger partial charge in [0.2, 0.25) is 0 Å². The van der Waals surface area contributed by atoms with E-state index in [0.717, 1.165) is 43.6 Å². The van der Waals surface area contributed by atoms with Gasteiger partial charge in [-0.15, -0.1) is 11.6 Å². The van der Waals surface area contributed by atoms with Crippen LogP contribution in [0.25, 0.3) is 0 Å². The summed E-state index contributed by atoms with van der Waals surface area (Å²) >= 11 is 5.80. The maximum atomic E-state index is 12.5. The molecule has 5 heteroatoms. The largest absolute Gasteiger partial charge is 0.416 e. The van der Waals surface area contributed by atoms with E-state index in [0.29, 0.717) is 11.9 Å². The quantitative estimate of drug-likeness (QED) is 0.730. The van der Waals surface area contributed by atoms with Gasteiger partial charge >= 0.3 is 6.18 Å². The summed E-state index contributed by atoms with van der Waals surface area (Å²) < 4.78 is 37.6. The monoisotopic (exact) mass is 291 g/mol. The maximum Gasteiger partial charge on any atom is 0.416 e. The van der Waals surface area contributed by atoms with Gasteiger partial charge in [-0.25, -0.2) is 0 Å². The average Bonchev–Trinajstić information content (AvgIpc) is 2.39. The lowest BCUT2D eigenvalue weighted by atomic mass is 9.99. The normalized spacial score (nSPS) is 20.6. The van der Waals surface area contributed by atoms with Crippen molar-refractivity contribution in [1.29, 1.82) is 0 Å². The minimum atomic E-state index is -4.27. The second kappa shape index (κ2) is 6.04. The van der Waals surface area contributed by atoms with Crippen molar-refractivity contribution in [1.82, 2.24) is 0 Å². The van der Waals surface area contributed by atoms with Gasteiger partial charge in [-0.05, 0) is 49.9 Å².